The van der Waals surface area contributed by atoms with E-state index in [1.165, 1.54) is 28.0 Å². The second kappa shape index (κ2) is 10.2. The van der Waals surface area contributed by atoms with Crippen LogP contribution < -0.4 is 5.56 Å². The van der Waals surface area contributed by atoms with Gasteiger partial charge in [0.05, 0.1) is 22.4 Å². The molecule has 36 heavy (non-hydrogen) atoms. The molecule has 1 saturated heterocycles. The van der Waals surface area contributed by atoms with Crippen molar-refractivity contribution >= 4 is 39.2 Å². The molecule has 1 aliphatic carbocycles. The molecule has 0 saturated carbocycles. The monoisotopic (exact) mass is 535 g/mol. The van der Waals surface area contributed by atoms with Gasteiger partial charge in [-0.05, 0) is 75.1 Å². The van der Waals surface area contributed by atoms with Crippen molar-refractivity contribution in [2.75, 3.05) is 12.3 Å². The summed E-state index contributed by atoms with van der Waals surface area (Å²) in [4.78, 5) is 35.4. The number of likely N-dealkylation sites (tertiary alicyclic amines) is 1. The maximum atomic E-state index is 13.8. The van der Waals surface area contributed by atoms with E-state index in [9.17, 15) is 22.8 Å². The minimum Gasteiger partial charge on any atom is -0.339 e. The summed E-state index contributed by atoms with van der Waals surface area (Å²) < 4.78 is 41.7. The van der Waals surface area contributed by atoms with Crippen LogP contribution in [0.15, 0.2) is 34.2 Å². The third kappa shape index (κ3) is 4.81. The molecule has 1 atom stereocenters. The van der Waals surface area contributed by atoms with Crippen LogP contribution in [0.4, 0.5) is 13.2 Å². The van der Waals surface area contributed by atoms with Crippen molar-refractivity contribution in [1.29, 1.82) is 0 Å². The Balaban J connectivity index is 1.58. The molecule has 1 aliphatic heterocycles. The van der Waals surface area contributed by atoms with Crippen molar-refractivity contribution in [2.45, 2.75) is 75.7 Å². The fourth-order valence-electron chi connectivity index (χ4n) is 5.29. The van der Waals surface area contributed by atoms with Gasteiger partial charge in [-0.2, -0.15) is 13.2 Å². The van der Waals surface area contributed by atoms with Crippen LogP contribution in [-0.4, -0.2) is 38.7 Å². The molecule has 3 heterocycles. The van der Waals surface area contributed by atoms with E-state index in [-0.39, 0.29) is 34.1 Å². The zero-order chi connectivity index (χ0) is 25.4. The largest absolute Gasteiger partial charge is 0.416 e. The van der Waals surface area contributed by atoms with E-state index in [2.05, 4.69) is 6.92 Å². The lowest BCUT2D eigenvalue weighted by molar-refractivity contribution is -0.137. The third-order valence-electron chi connectivity index (χ3n) is 7.13. The number of thiophene rings is 1. The molecule has 0 radical (unpaired) electrons. The highest BCUT2D eigenvalue weighted by Crippen LogP contribution is 2.36. The van der Waals surface area contributed by atoms with E-state index in [1.807, 2.05) is 4.90 Å². The van der Waals surface area contributed by atoms with E-state index in [1.54, 1.807) is 0 Å². The number of carbonyl (C=O) groups is 1. The number of aromatic nitrogens is 2. The SMILES string of the molecule is CC[C@H]1CCCCN1C(=O)CSc1nc2sc3c(c2c(=O)n1-c1cccc(C(F)(F)F)c1)CCCC3. The van der Waals surface area contributed by atoms with Crippen molar-refractivity contribution in [3.05, 3.63) is 50.6 Å². The lowest BCUT2D eigenvalue weighted by Crippen LogP contribution is -2.44. The molecule has 1 amide bonds. The van der Waals surface area contributed by atoms with Gasteiger partial charge < -0.3 is 4.90 Å². The Morgan fingerprint density at radius 2 is 2.00 bits per heavy atom. The number of carbonyl (C=O) groups excluding carboxylic acids is 1. The van der Waals surface area contributed by atoms with Crippen molar-refractivity contribution in [3.8, 4) is 5.69 Å². The van der Waals surface area contributed by atoms with Gasteiger partial charge in [0, 0.05) is 17.5 Å². The van der Waals surface area contributed by atoms with Gasteiger partial charge in [-0.25, -0.2) is 4.98 Å². The number of piperidine rings is 1. The number of nitrogens with zero attached hydrogens (tertiary/aromatic N) is 3. The summed E-state index contributed by atoms with van der Waals surface area (Å²) in [7, 11) is 0. The minimum atomic E-state index is -4.54. The molecular formula is C26H28F3N3O2S2. The fraction of sp³-hybridized carbons (Fsp3) is 0.500. The van der Waals surface area contributed by atoms with Gasteiger partial charge in [0.15, 0.2) is 5.16 Å². The summed E-state index contributed by atoms with van der Waals surface area (Å²) in [6.45, 7) is 2.78. The maximum absolute atomic E-state index is 13.8. The molecule has 5 rings (SSSR count). The van der Waals surface area contributed by atoms with E-state index < -0.39 is 11.7 Å². The number of fused-ring (bicyclic) bond motifs is 3. The van der Waals surface area contributed by atoms with Crippen LogP contribution in [0.5, 0.6) is 0 Å². The van der Waals surface area contributed by atoms with Crippen molar-refractivity contribution < 1.29 is 18.0 Å². The Morgan fingerprint density at radius 1 is 1.19 bits per heavy atom. The smallest absolute Gasteiger partial charge is 0.339 e. The molecule has 0 unspecified atom stereocenters. The summed E-state index contributed by atoms with van der Waals surface area (Å²) in [5.41, 5.74) is -0.103. The van der Waals surface area contributed by atoms with Gasteiger partial charge in [-0.1, -0.05) is 24.8 Å². The number of halogens is 3. The summed E-state index contributed by atoms with van der Waals surface area (Å²) in [6, 6.07) is 4.97. The first-order chi connectivity index (χ1) is 17.3. The molecule has 10 heteroatoms. The molecule has 3 aromatic rings. The van der Waals surface area contributed by atoms with Crippen molar-refractivity contribution in [1.82, 2.24) is 14.5 Å². The zero-order valence-electron chi connectivity index (χ0n) is 20.1. The second-order valence-corrected chi connectivity index (χ2v) is 11.4. The molecule has 5 nitrogen and oxygen atoms in total. The van der Waals surface area contributed by atoms with E-state index in [0.717, 1.165) is 85.7 Å². The molecule has 2 aliphatic rings. The number of amides is 1. The van der Waals surface area contributed by atoms with Crippen molar-refractivity contribution in [2.24, 2.45) is 0 Å². The summed E-state index contributed by atoms with van der Waals surface area (Å²) in [5.74, 6) is 0.0559. The van der Waals surface area contributed by atoms with Crippen LogP contribution in [-0.2, 0) is 23.8 Å². The number of hydrogen-bond donors (Lipinski definition) is 0. The Labute approximate surface area is 215 Å². The van der Waals surface area contributed by atoms with Gasteiger partial charge in [0.25, 0.3) is 5.56 Å². The number of aryl methyl sites for hydroxylation is 2. The average Bonchev–Trinajstić information content (AvgIpc) is 3.25. The highest BCUT2D eigenvalue weighted by Gasteiger charge is 2.32. The summed E-state index contributed by atoms with van der Waals surface area (Å²) in [6.07, 6.45) is 3.07. The Hall–Kier alpha value is -2.33. The maximum Gasteiger partial charge on any atom is 0.416 e. The van der Waals surface area contributed by atoms with Crippen LogP contribution in [0, 0.1) is 0 Å². The van der Waals surface area contributed by atoms with Gasteiger partial charge in [0.2, 0.25) is 5.91 Å². The quantitative estimate of drug-likeness (QED) is 0.287. The number of thioether (sulfide) groups is 1. The summed E-state index contributed by atoms with van der Waals surface area (Å²) >= 11 is 2.62. The summed E-state index contributed by atoms with van der Waals surface area (Å²) in [5, 5.41) is 0.758. The van der Waals surface area contributed by atoms with Crippen molar-refractivity contribution in [3.63, 3.8) is 0 Å². The minimum absolute atomic E-state index is 0.0260. The molecule has 1 aromatic carbocycles. The Morgan fingerprint density at radius 3 is 2.78 bits per heavy atom. The zero-order valence-corrected chi connectivity index (χ0v) is 21.7. The second-order valence-electron chi connectivity index (χ2n) is 9.41. The third-order valence-corrected chi connectivity index (χ3v) is 9.24. The highest BCUT2D eigenvalue weighted by atomic mass is 32.2. The van der Waals surface area contributed by atoms with Crippen LogP contribution in [0.1, 0.15) is 61.5 Å². The van der Waals surface area contributed by atoms with Crippen LogP contribution in [0.2, 0.25) is 0 Å². The average molecular weight is 536 g/mol. The molecule has 2 aromatic heterocycles. The number of alkyl halides is 3. The normalized spacial score (nSPS) is 18.4. The number of hydrogen-bond acceptors (Lipinski definition) is 5. The molecular weight excluding hydrogens is 507 g/mol. The van der Waals surface area contributed by atoms with Crippen LogP contribution in [0.25, 0.3) is 15.9 Å². The van der Waals surface area contributed by atoms with E-state index in [4.69, 9.17) is 4.98 Å². The van der Waals surface area contributed by atoms with Crippen LogP contribution in [0.3, 0.4) is 0 Å². The molecule has 192 valence electrons. The molecule has 0 bridgehead atoms. The van der Waals surface area contributed by atoms with E-state index >= 15 is 0 Å². The molecule has 0 spiro atoms. The first kappa shape index (κ1) is 25.3. The Kier molecular flexibility index (Phi) is 7.18. The fourth-order valence-corrected chi connectivity index (χ4v) is 7.50. The predicted octanol–water partition coefficient (Wildman–Crippen LogP) is 6.23. The number of benzene rings is 1. The van der Waals surface area contributed by atoms with E-state index in [0.29, 0.717) is 16.8 Å². The lowest BCUT2D eigenvalue weighted by Gasteiger charge is -2.35. The topological polar surface area (TPSA) is 55.2 Å². The highest BCUT2D eigenvalue weighted by molar-refractivity contribution is 7.99. The van der Waals surface area contributed by atoms with Gasteiger partial charge in [-0.3, -0.25) is 14.2 Å². The van der Waals surface area contributed by atoms with Gasteiger partial charge in [0.1, 0.15) is 4.83 Å². The predicted molar refractivity (Wildman–Crippen MR) is 137 cm³/mol. The lowest BCUT2D eigenvalue weighted by atomic mass is 9.97. The van der Waals surface area contributed by atoms with Gasteiger partial charge in [-0.15, -0.1) is 11.3 Å². The Bertz CT molecular complexity index is 1350. The first-order valence-electron chi connectivity index (χ1n) is 12.4. The van der Waals surface area contributed by atoms with Gasteiger partial charge >= 0.3 is 6.18 Å². The molecule has 0 N–H and O–H groups in total. The molecule has 1 fully saturated rings. The number of rotatable bonds is 5. The first-order valence-corrected chi connectivity index (χ1v) is 14.3. The standard InChI is InChI=1S/C26H28F3N3O2S2/c1-2-17-9-5-6-13-31(17)21(33)15-35-25-30-23-22(19-11-3-4-12-20(19)36-23)24(34)32(25)18-10-7-8-16(14-18)26(27,28)29/h7-8,10,14,17H,2-6,9,11-13,15H2,1H3/t17-/m0/s1. The van der Waals surface area contributed by atoms with Crippen LogP contribution >= 0.6 is 23.1 Å².